The quantitative estimate of drug-likeness (QED) is 0.769. The molecule has 25 heavy (non-hydrogen) atoms. The summed E-state index contributed by atoms with van der Waals surface area (Å²) in [6.45, 7) is 5.62. The minimum absolute atomic E-state index is 0.134. The largest absolute Gasteiger partial charge is 0.461 e. The lowest BCUT2D eigenvalue weighted by Gasteiger charge is -2.29. The number of carbonyl (C=O) groups is 2. The standard InChI is InChI=1S/C20H30N2O3/c1-17(23)19(22-14-7-3-6-12-21-13-15-22)10-11-20(24)25-16-18-8-4-2-5-9-18/h2,4-5,8-9,19,21H,3,6-7,10-16H2,1H3. The van der Waals surface area contributed by atoms with E-state index in [9.17, 15) is 9.59 Å². The molecule has 1 N–H and O–H groups in total. The van der Waals surface area contributed by atoms with Gasteiger partial charge in [0, 0.05) is 19.5 Å². The van der Waals surface area contributed by atoms with Crippen LogP contribution in [0, 0.1) is 0 Å². The number of rotatable bonds is 7. The fourth-order valence-electron chi connectivity index (χ4n) is 3.22. The molecule has 5 nitrogen and oxygen atoms in total. The number of nitrogens with zero attached hydrogens (tertiary/aromatic N) is 1. The van der Waals surface area contributed by atoms with Gasteiger partial charge in [0.2, 0.25) is 0 Å². The molecule has 1 fully saturated rings. The van der Waals surface area contributed by atoms with Gasteiger partial charge in [0.1, 0.15) is 12.4 Å². The smallest absolute Gasteiger partial charge is 0.306 e. The summed E-state index contributed by atoms with van der Waals surface area (Å²) in [5, 5.41) is 3.41. The van der Waals surface area contributed by atoms with Crippen LogP contribution in [0.4, 0.5) is 0 Å². The van der Waals surface area contributed by atoms with E-state index in [1.165, 1.54) is 12.8 Å². The number of ketones is 1. The molecule has 0 radical (unpaired) electrons. The van der Waals surface area contributed by atoms with Crippen LogP contribution in [0.25, 0.3) is 0 Å². The molecule has 1 atom stereocenters. The second-order valence-corrected chi connectivity index (χ2v) is 6.66. The van der Waals surface area contributed by atoms with E-state index in [2.05, 4.69) is 10.2 Å². The van der Waals surface area contributed by atoms with Crippen molar-refractivity contribution in [1.29, 1.82) is 0 Å². The molecule has 0 aliphatic carbocycles. The SMILES string of the molecule is CC(=O)C(CCC(=O)OCc1ccccc1)N1CCCCCNCC1. The van der Waals surface area contributed by atoms with Gasteiger partial charge in [-0.1, -0.05) is 36.8 Å². The zero-order valence-corrected chi connectivity index (χ0v) is 15.2. The monoisotopic (exact) mass is 346 g/mol. The number of Topliss-reactive ketones (excluding diaryl/α,β-unsaturated/α-hetero) is 1. The first-order valence-electron chi connectivity index (χ1n) is 9.31. The Morgan fingerprint density at radius 2 is 1.92 bits per heavy atom. The minimum atomic E-state index is -0.238. The van der Waals surface area contributed by atoms with E-state index in [4.69, 9.17) is 4.74 Å². The van der Waals surface area contributed by atoms with Crippen LogP contribution in [0.5, 0.6) is 0 Å². The second kappa shape index (κ2) is 11.0. The van der Waals surface area contributed by atoms with Crippen molar-refractivity contribution in [2.24, 2.45) is 0 Å². The maximum atomic E-state index is 12.1. The lowest BCUT2D eigenvalue weighted by Crippen LogP contribution is -2.44. The van der Waals surface area contributed by atoms with Crippen LogP contribution in [0.1, 0.15) is 44.6 Å². The van der Waals surface area contributed by atoms with Gasteiger partial charge in [-0.25, -0.2) is 0 Å². The van der Waals surface area contributed by atoms with Gasteiger partial charge < -0.3 is 10.1 Å². The first-order valence-corrected chi connectivity index (χ1v) is 9.31. The highest BCUT2D eigenvalue weighted by atomic mass is 16.5. The van der Waals surface area contributed by atoms with Crippen LogP contribution in [-0.2, 0) is 20.9 Å². The molecule has 1 aliphatic rings. The molecular weight excluding hydrogens is 316 g/mol. The molecule has 0 amide bonds. The Bertz CT molecular complexity index is 523. The summed E-state index contributed by atoms with van der Waals surface area (Å²) in [7, 11) is 0. The van der Waals surface area contributed by atoms with Crippen molar-refractivity contribution >= 4 is 11.8 Å². The number of esters is 1. The Hall–Kier alpha value is -1.72. The number of hydrogen-bond donors (Lipinski definition) is 1. The predicted molar refractivity (Wildman–Crippen MR) is 98.2 cm³/mol. The van der Waals surface area contributed by atoms with Crippen molar-refractivity contribution in [3.05, 3.63) is 35.9 Å². The Balaban J connectivity index is 1.81. The average Bonchev–Trinajstić information content (AvgIpc) is 2.75. The second-order valence-electron chi connectivity index (χ2n) is 6.66. The van der Waals surface area contributed by atoms with Crippen LogP contribution in [0.2, 0.25) is 0 Å². The van der Waals surface area contributed by atoms with Gasteiger partial charge >= 0.3 is 5.97 Å². The van der Waals surface area contributed by atoms with Crippen molar-refractivity contribution in [2.45, 2.75) is 51.7 Å². The molecule has 1 aromatic rings. The number of benzene rings is 1. The fourth-order valence-corrected chi connectivity index (χ4v) is 3.22. The van der Waals surface area contributed by atoms with Crippen LogP contribution in [0.3, 0.4) is 0 Å². The zero-order valence-electron chi connectivity index (χ0n) is 15.2. The predicted octanol–water partition coefficient (Wildman–Crippen LogP) is 2.54. The van der Waals surface area contributed by atoms with Crippen LogP contribution in [0.15, 0.2) is 30.3 Å². The molecule has 5 heteroatoms. The van der Waals surface area contributed by atoms with E-state index in [0.717, 1.165) is 38.2 Å². The number of hydrogen-bond acceptors (Lipinski definition) is 5. The van der Waals surface area contributed by atoms with Crippen LogP contribution in [-0.4, -0.2) is 48.9 Å². The Labute approximate surface area is 150 Å². The van der Waals surface area contributed by atoms with Gasteiger partial charge in [0.25, 0.3) is 0 Å². The molecule has 138 valence electrons. The van der Waals surface area contributed by atoms with Crippen molar-refractivity contribution in [3.8, 4) is 0 Å². The number of carbonyl (C=O) groups excluding carboxylic acids is 2. The molecule has 1 heterocycles. The summed E-state index contributed by atoms with van der Waals surface area (Å²) in [6, 6.07) is 9.46. The van der Waals surface area contributed by atoms with E-state index in [1.807, 2.05) is 30.3 Å². The summed E-state index contributed by atoms with van der Waals surface area (Å²) < 4.78 is 5.33. The molecular formula is C20H30N2O3. The highest BCUT2D eigenvalue weighted by Gasteiger charge is 2.23. The first-order chi connectivity index (χ1) is 12.2. The Morgan fingerprint density at radius 3 is 2.68 bits per heavy atom. The maximum absolute atomic E-state index is 12.1. The molecule has 0 bridgehead atoms. The lowest BCUT2D eigenvalue weighted by atomic mass is 10.0. The molecule has 1 aromatic carbocycles. The van der Waals surface area contributed by atoms with E-state index >= 15 is 0 Å². The van der Waals surface area contributed by atoms with Gasteiger partial charge in [0.05, 0.1) is 6.04 Å². The molecule has 1 saturated heterocycles. The van der Waals surface area contributed by atoms with Gasteiger partial charge in [-0.2, -0.15) is 0 Å². The Morgan fingerprint density at radius 1 is 1.12 bits per heavy atom. The highest BCUT2D eigenvalue weighted by molar-refractivity contribution is 5.82. The van der Waals surface area contributed by atoms with E-state index < -0.39 is 0 Å². The fraction of sp³-hybridized carbons (Fsp3) is 0.600. The summed E-state index contributed by atoms with van der Waals surface area (Å²) >= 11 is 0. The molecule has 0 saturated carbocycles. The molecule has 0 aromatic heterocycles. The van der Waals surface area contributed by atoms with Gasteiger partial charge in [-0.15, -0.1) is 0 Å². The third-order valence-corrected chi connectivity index (χ3v) is 4.65. The van der Waals surface area contributed by atoms with E-state index in [1.54, 1.807) is 6.92 Å². The summed E-state index contributed by atoms with van der Waals surface area (Å²) in [4.78, 5) is 26.4. The lowest BCUT2D eigenvalue weighted by molar-refractivity contribution is -0.145. The average molecular weight is 346 g/mol. The van der Waals surface area contributed by atoms with Crippen LogP contribution < -0.4 is 5.32 Å². The van der Waals surface area contributed by atoms with Crippen molar-refractivity contribution in [2.75, 3.05) is 26.2 Å². The third-order valence-electron chi connectivity index (χ3n) is 4.65. The van der Waals surface area contributed by atoms with Crippen molar-refractivity contribution in [3.63, 3.8) is 0 Å². The third kappa shape index (κ3) is 7.36. The Kier molecular flexibility index (Phi) is 8.63. The van der Waals surface area contributed by atoms with Crippen molar-refractivity contribution in [1.82, 2.24) is 10.2 Å². The summed E-state index contributed by atoms with van der Waals surface area (Å²) in [5.74, 6) is -0.104. The zero-order chi connectivity index (χ0) is 17.9. The van der Waals surface area contributed by atoms with E-state index in [0.29, 0.717) is 6.42 Å². The van der Waals surface area contributed by atoms with E-state index in [-0.39, 0.29) is 30.8 Å². The van der Waals surface area contributed by atoms with Gasteiger partial charge in [-0.3, -0.25) is 14.5 Å². The summed E-state index contributed by atoms with van der Waals surface area (Å²) in [5.41, 5.74) is 0.977. The maximum Gasteiger partial charge on any atom is 0.306 e. The topological polar surface area (TPSA) is 58.6 Å². The van der Waals surface area contributed by atoms with Crippen molar-refractivity contribution < 1.29 is 14.3 Å². The summed E-state index contributed by atoms with van der Waals surface area (Å²) in [6.07, 6.45) is 4.27. The van der Waals surface area contributed by atoms with Gasteiger partial charge in [0.15, 0.2) is 0 Å². The molecule has 0 spiro atoms. The number of ether oxygens (including phenoxy) is 1. The normalized spacial score (nSPS) is 17.8. The number of nitrogens with one attached hydrogen (secondary N) is 1. The van der Waals surface area contributed by atoms with Gasteiger partial charge in [-0.05, 0) is 44.8 Å². The van der Waals surface area contributed by atoms with Crippen LogP contribution >= 0.6 is 0 Å². The molecule has 2 rings (SSSR count). The first kappa shape index (κ1) is 19.6. The highest BCUT2D eigenvalue weighted by Crippen LogP contribution is 2.13. The molecule has 1 unspecified atom stereocenters. The molecule has 1 aliphatic heterocycles. The minimum Gasteiger partial charge on any atom is -0.461 e.